The van der Waals surface area contributed by atoms with Crippen LogP contribution in [0.25, 0.3) is 66.3 Å². The zero-order chi connectivity index (χ0) is 29.6. The molecule has 10 rings (SSSR count). The summed E-state index contributed by atoms with van der Waals surface area (Å²) in [6, 6.07) is 35.8. The van der Waals surface area contributed by atoms with Gasteiger partial charge in [-0.2, -0.15) is 0 Å². The summed E-state index contributed by atoms with van der Waals surface area (Å²) in [7, 11) is 0. The molecule has 0 saturated heterocycles. The maximum atomic E-state index is 6.61. The lowest BCUT2D eigenvalue weighted by Crippen LogP contribution is -2.08. The van der Waals surface area contributed by atoms with Crippen molar-refractivity contribution in [3.05, 3.63) is 138 Å². The van der Waals surface area contributed by atoms with Gasteiger partial charge in [0.15, 0.2) is 0 Å². The predicted octanol–water partition coefficient (Wildman–Crippen LogP) is 9.20. The second-order valence-corrected chi connectivity index (χ2v) is 11.8. The number of ether oxygens (including phenoxy) is 1. The minimum absolute atomic E-state index is 0.747. The largest absolute Gasteiger partial charge is 0.457 e. The number of nitrogens with zero attached hydrogens (tertiary/aromatic N) is 5. The van der Waals surface area contributed by atoms with E-state index in [1.54, 1.807) is 0 Å². The highest BCUT2D eigenvalue weighted by molar-refractivity contribution is 6.11. The first-order valence-corrected chi connectivity index (χ1v) is 15.1. The molecular weight excluding hydrogens is 554 g/mol. The maximum absolute atomic E-state index is 6.61. The van der Waals surface area contributed by atoms with Crippen LogP contribution in [-0.4, -0.2) is 23.9 Å². The van der Waals surface area contributed by atoms with E-state index in [1.807, 2.05) is 30.6 Å². The Bertz CT molecular complexity index is 2680. The highest BCUT2D eigenvalue weighted by Crippen LogP contribution is 2.41. The fourth-order valence-corrected chi connectivity index (χ4v) is 7.17. The molecule has 1 aliphatic rings. The standard InChI is InChI=1S/C39H25N5O/c1-23-7-2-3-9-28(23)33-22-43-34-12-6-17-40-36(34)29-16-15-26(20-32(29)39(43)42-33)45-27-14-13-24-19-25-8-4-10-30-31-11-5-18-41-38(31)44(37(25)30)35(24)21-27/h2-18,20-22H,19H2,1H3. The molecule has 1 aliphatic heterocycles. The molecule has 0 atom stereocenters. The average Bonchev–Trinajstić information content (AvgIpc) is 3.67. The molecule has 45 heavy (non-hydrogen) atoms. The Morgan fingerprint density at radius 3 is 2.47 bits per heavy atom. The molecule has 0 saturated carbocycles. The lowest BCUT2D eigenvalue weighted by molar-refractivity contribution is 0.483. The summed E-state index contributed by atoms with van der Waals surface area (Å²) in [6.45, 7) is 2.12. The first-order chi connectivity index (χ1) is 22.2. The molecule has 0 bridgehead atoms. The molecule has 212 valence electrons. The predicted molar refractivity (Wildman–Crippen MR) is 180 cm³/mol. The van der Waals surface area contributed by atoms with Crippen LogP contribution in [0.3, 0.4) is 0 Å². The summed E-state index contributed by atoms with van der Waals surface area (Å²) in [5.74, 6) is 1.52. The van der Waals surface area contributed by atoms with Crippen LogP contribution in [0.4, 0.5) is 0 Å². The fraction of sp³-hybridized carbons (Fsp3) is 0.0513. The molecule has 0 radical (unpaired) electrons. The molecule has 4 aromatic carbocycles. The summed E-state index contributed by atoms with van der Waals surface area (Å²) < 4.78 is 11.1. The number of aromatic nitrogens is 5. The quantitative estimate of drug-likeness (QED) is 0.196. The first-order valence-electron chi connectivity index (χ1n) is 15.1. The van der Waals surface area contributed by atoms with Gasteiger partial charge in [0.25, 0.3) is 0 Å². The number of benzene rings is 4. The van der Waals surface area contributed by atoms with Gasteiger partial charge in [-0.05, 0) is 72.1 Å². The van der Waals surface area contributed by atoms with Crippen LogP contribution in [0.15, 0.2) is 122 Å². The topological polar surface area (TPSA) is 57.2 Å². The fourth-order valence-electron chi connectivity index (χ4n) is 7.17. The van der Waals surface area contributed by atoms with Crippen molar-refractivity contribution >= 4 is 49.4 Å². The number of para-hydroxylation sites is 1. The van der Waals surface area contributed by atoms with E-state index in [-0.39, 0.29) is 0 Å². The van der Waals surface area contributed by atoms with Gasteiger partial charge in [-0.25, -0.2) is 9.97 Å². The zero-order valence-corrected chi connectivity index (χ0v) is 24.4. The molecule has 6 heterocycles. The summed E-state index contributed by atoms with van der Waals surface area (Å²) in [5, 5.41) is 4.43. The third-order valence-corrected chi connectivity index (χ3v) is 9.21. The summed E-state index contributed by atoms with van der Waals surface area (Å²) in [6.07, 6.45) is 6.71. The normalized spacial score (nSPS) is 12.5. The minimum atomic E-state index is 0.747. The van der Waals surface area contributed by atoms with Gasteiger partial charge in [-0.15, -0.1) is 0 Å². The molecule has 9 aromatic rings. The first kappa shape index (κ1) is 24.4. The van der Waals surface area contributed by atoms with Crippen LogP contribution in [-0.2, 0) is 6.42 Å². The van der Waals surface area contributed by atoms with Crippen molar-refractivity contribution in [3.8, 4) is 28.4 Å². The number of aryl methyl sites for hydroxylation is 1. The van der Waals surface area contributed by atoms with E-state index in [1.165, 1.54) is 27.6 Å². The van der Waals surface area contributed by atoms with Crippen LogP contribution in [0.2, 0.25) is 0 Å². The molecule has 0 aliphatic carbocycles. The van der Waals surface area contributed by atoms with Crippen molar-refractivity contribution in [1.29, 1.82) is 0 Å². The van der Waals surface area contributed by atoms with Gasteiger partial charge in [0.2, 0.25) is 0 Å². The van der Waals surface area contributed by atoms with Gasteiger partial charge in [-0.1, -0.05) is 48.5 Å². The van der Waals surface area contributed by atoms with E-state index in [9.17, 15) is 0 Å². The van der Waals surface area contributed by atoms with Crippen molar-refractivity contribution in [3.63, 3.8) is 0 Å². The Morgan fingerprint density at radius 2 is 1.51 bits per heavy atom. The monoisotopic (exact) mass is 579 g/mol. The van der Waals surface area contributed by atoms with Gasteiger partial charge in [0.05, 0.1) is 27.9 Å². The van der Waals surface area contributed by atoms with E-state index in [2.05, 4.69) is 107 Å². The maximum Gasteiger partial charge on any atom is 0.146 e. The van der Waals surface area contributed by atoms with Crippen LogP contribution < -0.4 is 4.74 Å². The Morgan fingerprint density at radius 1 is 0.667 bits per heavy atom. The van der Waals surface area contributed by atoms with Crippen molar-refractivity contribution in [2.75, 3.05) is 0 Å². The Kier molecular flexibility index (Phi) is 4.89. The number of fused-ring (bicyclic) bond motifs is 11. The van der Waals surface area contributed by atoms with Gasteiger partial charge < -0.3 is 4.74 Å². The van der Waals surface area contributed by atoms with Gasteiger partial charge in [-0.3, -0.25) is 14.0 Å². The third-order valence-electron chi connectivity index (χ3n) is 9.21. The SMILES string of the molecule is Cc1ccccc1-c1cn2c3cccnc3c3ccc(Oc4ccc5c(c4)-n4c6ncccc6c6cccc(c64)C5)cc3c2n1. The minimum Gasteiger partial charge on any atom is -0.457 e. The highest BCUT2D eigenvalue weighted by Gasteiger charge is 2.23. The van der Waals surface area contributed by atoms with Gasteiger partial charge in [0, 0.05) is 58.2 Å². The lowest BCUT2D eigenvalue weighted by Gasteiger charge is -2.21. The number of pyridine rings is 3. The van der Waals surface area contributed by atoms with Crippen molar-refractivity contribution in [1.82, 2.24) is 23.9 Å². The third kappa shape index (κ3) is 3.48. The molecule has 0 unspecified atom stereocenters. The van der Waals surface area contributed by atoms with Crippen LogP contribution >= 0.6 is 0 Å². The van der Waals surface area contributed by atoms with Gasteiger partial charge >= 0.3 is 0 Å². The van der Waals surface area contributed by atoms with Crippen molar-refractivity contribution in [2.24, 2.45) is 0 Å². The second-order valence-electron chi connectivity index (χ2n) is 11.8. The summed E-state index contributed by atoms with van der Waals surface area (Å²) >= 11 is 0. The summed E-state index contributed by atoms with van der Waals surface area (Å²) in [5.41, 5.74) is 12.0. The molecule has 6 heteroatoms. The summed E-state index contributed by atoms with van der Waals surface area (Å²) in [4.78, 5) is 14.7. The average molecular weight is 580 g/mol. The molecule has 6 nitrogen and oxygen atoms in total. The second kappa shape index (κ2) is 9.00. The molecule has 0 spiro atoms. The van der Waals surface area contributed by atoms with E-state index in [0.29, 0.717) is 0 Å². The van der Waals surface area contributed by atoms with E-state index >= 15 is 0 Å². The van der Waals surface area contributed by atoms with E-state index in [4.69, 9.17) is 19.7 Å². The zero-order valence-electron chi connectivity index (χ0n) is 24.4. The number of hydrogen-bond acceptors (Lipinski definition) is 4. The van der Waals surface area contributed by atoms with Crippen LogP contribution in [0, 0.1) is 6.92 Å². The molecule has 0 fully saturated rings. The molecule has 0 N–H and O–H groups in total. The van der Waals surface area contributed by atoms with Crippen LogP contribution in [0.1, 0.15) is 16.7 Å². The number of hydrogen-bond donors (Lipinski definition) is 0. The van der Waals surface area contributed by atoms with E-state index < -0.39 is 0 Å². The lowest BCUT2D eigenvalue weighted by atomic mass is 9.97. The van der Waals surface area contributed by atoms with Crippen LogP contribution in [0.5, 0.6) is 11.5 Å². The van der Waals surface area contributed by atoms with Gasteiger partial charge in [0.1, 0.15) is 22.8 Å². The Hall–Kier alpha value is -6.01. The number of imidazole rings is 1. The van der Waals surface area contributed by atoms with Crippen molar-refractivity contribution < 1.29 is 4.74 Å². The number of rotatable bonds is 3. The highest BCUT2D eigenvalue weighted by atomic mass is 16.5. The molecule has 0 amide bonds. The smallest absolute Gasteiger partial charge is 0.146 e. The Balaban J connectivity index is 1.13. The van der Waals surface area contributed by atoms with Crippen molar-refractivity contribution in [2.45, 2.75) is 13.3 Å². The molecular formula is C39H25N5O. The molecule has 5 aromatic heterocycles. The van der Waals surface area contributed by atoms with E-state index in [0.717, 1.165) is 73.4 Å². The Labute approximate surface area is 257 Å².